The maximum atomic E-state index is 12.5. The molecule has 2 heterocycles. The van der Waals surface area contributed by atoms with E-state index in [2.05, 4.69) is 20.3 Å². The van der Waals surface area contributed by atoms with Gasteiger partial charge in [0.1, 0.15) is 15.4 Å². The van der Waals surface area contributed by atoms with Gasteiger partial charge in [0.15, 0.2) is 5.65 Å². The second-order valence-corrected chi connectivity index (χ2v) is 9.53. The highest BCUT2D eigenvalue weighted by Crippen LogP contribution is 2.39. The molecule has 0 atom stereocenters. The number of sulfone groups is 1. The Hall–Kier alpha value is -1.96. The summed E-state index contributed by atoms with van der Waals surface area (Å²) >= 11 is 0. The van der Waals surface area contributed by atoms with Crippen LogP contribution in [0.25, 0.3) is 11.2 Å². The Bertz CT molecular complexity index is 882. The first-order chi connectivity index (χ1) is 11.1. The standard InChI is InChI=1S/C16H22N4O3S/c1-16(2,9-24(3,22)23)8-19-15(21)11-6-17-14-13(11)20-12(7-18-14)10-4-5-10/h6-7,10H,4-5,8-9H2,1-3H3,(H,17,18)(H,19,21). The minimum absolute atomic E-state index is 0.0137. The minimum atomic E-state index is -3.11. The molecular weight excluding hydrogens is 328 g/mol. The van der Waals surface area contributed by atoms with Gasteiger partial charge in [-0.25, -0.2) is 18.4 Å². The van der Waals surface area contributed by atoms with Crippen LogP contribution in [0.2, 0.25) is 0 Å². The molecular formula is C16H22N4O3S. The van der Waals surface area contributed by atoms with Crippen LogP contribution in [0.1, 0.15) is 48.7 Å². The van der Waals surface area contributed by atoms with Gasteiger partial charge in [0.05, 0.1) is 23.2 Å². The highest BCUT2D eigenvalue weighted by Gasteiger charge is 2.27. The number of carbonyl (C=O) groups excluding carboxylic acids is 1. The van der Waals surface area contributed by atoms with Gasteiger partial charge in [0.25, 0.3) is 5.91 Å². The van der Waals surface area contributed by atoms with Crippen molar-refractivity contribution >= 4 is 26.9 Å². The van der Waals surface area contributed by atoms with Crippen LogP contribution in [0.15, 0.2) is 12.4 Å². The van der Waals surface area contributed by atoms with E-state index in [0.29, 0.717) is 22.6 Å². The predicted octanol–water partition coefficient (Wildman–Crippen LogP) is 1.64. The molecule has 2 aromatic rings. The second kappa shape index (κ2) is 5.84. The maximum Gasteiger partial charge on any atom is 0.255 e. The third-order valence-electron chi connectivity index (χ3n) is 4.02. The Morgan fingerprint density at radius 3 is 2.75 bits per heavy atom. The van der Waals surface area contributed by atoms with E-state index in [1.54, 1.807) is 12.4 Å². The number of rotatable bonds is 6. The van der Waals surface area contributed by atoms with Gasteiger partial charge in [-0.2, -0.15) is 0 Å². The van der Waals surface area contributed by atoms with Crippen molar-refractivity contribution in [2.24, 2.45) is 5.41 Å². The van der Waals surface area contributed by atoms with Crippen LogP contribution < -0.4 is 5.32 Å². The van der Waals surface area contributed by atoms with Crippen LogP contribution in [0.4, 0.5) is 0 Å². The molecule has 130 valence electrons. The average molecular weight is 350 g/mol. The highest BCUT2D eigenvalue weighted by atomic mass is 32.2. The molecule has 2 N–H and O–H groups in total. The van der Waals surface area contributed by atoms with Gasteiger partial charge in [0.2, 0.25) is 0 Å². The lowest BCUT2D eigenvalue weighted by Gasteiger charge is -2.23. The fourth-order valence-electron chi connectivity index (χ4n) is 2.83. The van der Waals surface area contributed by atoms with Gasteiger partial charge in [-0.3, -0.25) is 4.79 Å². The summed E-state index contributed by atoms with van der Waals surface area (Å²) in [6, 6.07) is 0. The molecule has 1 aliphatic carbocycles. The molecule has 1 fully saturated rings. The Labute approximate surface area is 141 Å². The van der Waals surface area contributed by atoms with Crippen LogP contribution in [-0.4, -0.2) is 47.8 Å². The summed E-state index contributed by atoms with van der Waals surface area (Å²) in [5.74, 6) is 0.200. The zero-order valence-corrected chi connectivity index (χ0v) is 14.9. The molecule has 1 aliphatic rings. The average Bonchev–Trinajstić information content (AvgIpc) is 3.22. The largest absolute Gasteiger partial charge is 0.351 e. The van der Waals surface area contributed by atoms with E-state index in [0.717, 1.165) is 18.5 Å². The van der Waals surface area contributed by atoms with Crippen LogP contribution in [0.5, 0.6) is 0 Å². The molecule has 0 unspecified atom stereocenters. The van der Waals surface area contributed by atoms with Gasteiger partial charge in [-0.15, -0.1) is 0 Å². The SMILES string of the molecule is CC(C)(CNC(=O)c1c[nH]c2ncc(C3CC3)nc12)CS(C)(=O)=O. The van der Waals surface area contributed by atoms with E-state index in [9.17, 15) is 13.2 Å². The lowest BCUT2D eigenvalue weighted by molar-refractivity contribution is 0.0941. The molecule has 2 aromatic heterocycles. The van der Waals surface area contributed by atoms with Gasteiger partial charge in [-0.1, -0.05) is 13.8 Å². The minimum Gasteiger partial charge on any atom is -0.351 e. The molecule has 1 saturated carbocycles. The summed E-state index contributed by atoms with van der Waals surface area (Å²) in [6.07, 6.45) is 6.79. The number of nitrogens with zero attached hydrogens (tertiary/aromatic N) is 2. The molecule has 0 saturated heterocycles. The molecule has 8 heteroatoms. The molecule has 7 nitrogen and oxygen atoms in total. The van der Waals surface area contributed by atoms with Crippen molar-refractivity contribution in [1.29, 1.82) is 0 Å². The first kappa shape index (κ1) is 16.9. The maximum absolute atomic E-state index is 12.5. The predicted molar refractivity (Wildman–Crippen MR) is 91.7 cm³/mol. The summed E-state index contributed by atoms with van der Waals surface area (Å²) in [5.41, 5.74) is 1.97. The number of aromatic nitrogens is 3. The van der Waals surface area contributed by atoms with Gasteiger partial charge >= 0.3 is 0 Å². The van der Waals surface area contributed by atoms with Gasteiger partial charge in [0, 0.05) is 24.9 Å². The molecule has 0 bridgehead atoms. The van der Waals surface area contributed by atoms with E-state index in [1.807, 2.05) is 13.8 Å². The molecule has 3 rings (SSSR count). The van der Waals surface area contributed by atoms with Crippen LogP contribution >= 0.6 is 0 Å². The normalized spacial score (nSPS) is 15.6. The van der Waals surface area contributed by atoms with Crippen molar-refractivity contribution in [1.82, 2.24) is 20.3 Å². The first-order valence-electron chi connectivity index (χ1n) is 7.95. The topological polar surface area (TPSA) is 105 Å². The number of hydrogen-bond acceptors (Lipinski definition) is 5. The van der Waals surface area contributed by atoms with Crippen molar-refractivity contribution in [3.05, 3.63) is 23.7 Å². The van der Waals surface area contributed by atoms with E-state index >= 15 is 0 Å². The first-order valence-corrected chi connectivity index (χ1v) is 10.0. The number of nitrogens with one attached hydrogen (secondary N) is 2. The van der Waals surface area contributed by atoms with Gasteiger partial charge in [-0.05, 0) is 18.3 Å². The monoisotopic (exact) mass is 350 g/mol. The summed E-state index contributed by atoms with van der Waals surface area (Å²) < 4.78 is 22.9. The van der Waals surface area contributed by atoms with Crippen molar-refractivity contribution < 1.29 is 13.2 Å². The Morgan fingerprint density at radius 2 is 2.12 bits per heavy atom. The Kier molecular flexibility index (Phi) is 4.11. The van der Waals surface area contributed by atoms with Crippen LogP contribution in [0, 0.1) is 5.41 Å². The summed E-state index contributed by atoms with van der Waals surface area (Å²) in [4.78, 5) is 24.3. The third kappa shape index (κ3) is 3.92. The molecule has 0 aliphatic heterocycles. The Morgan fingerprint density at radius 1 is 1.42 bits per heavy atom. The molecule has 0 radical (unpaired) electrons. The third-order valence-corrected chi connectivity index (χ3v) is 5.33. The zero-order valence-electron chi connectivity index (χ0n) is 14.1. The van der Waals surface area contributed by atoms with Crippen LogP contribution in [-0.2, 0) is 9.84 Å². The van der Waals surface area contributed by atoms with Crippen molar-refractivity contribution in [2.75, 3.05) is 18.6 Å². The summed E-state index contributed by atoms with van der Waals surface area (Å²) in [7, 11) is -3.11. The molecule has 1 amide bonds. The quantitative estimate of drug-likeness (QED) is 0.824. The molecule has 24 heavy (non-hydrogen) atoms. The van der Waals surface area contributed by atoms with E-state index in [-0.39, 0.29) is 18.2 Å². The van der Waals surface area contributed by atoms with Crippen molar-refractivity contribution in [2.45, 2.75) is 32.6 Å². The van der Waals surface area contributed by atoms with E-state index in [1.165, 1.54) is 6.26 Å². The lowest BCUT2D eigenvalue weighted by Crippen LogP contribution is -2.38. The number of hydrogen-bond donors (Lipinski definition) is 2. The molecule has 0 spiro atoms. The Balaban J connectivity index is 1.75. The highest BCUT2D eigenvalue weighted by molar-refractivity contribution is 7.90. The number of fused-ring (bicyclic) bond motifs is 1. The summed E-state index contributed by atoms with van der Waals surface area (Å²) in [5, 5.41) is 2.81. The summed E-state index contributed by atoms with van der Waals surface area (Å²) in [6.45, 7) is 3.89. The zero-order chi connectivity index (χ0) is 17.5. The fourth-order valence-corrected chi connectivity index (χ4v) is 4.35. The van der Waals surface area contributed by atoms with E-state index < -0.39 is 15.3 Å². The van der Waals surface area contributed by atoms with E-state index in [4.69, 9.17) is 0 Å². The van der Waals surface area contributed by atoms with Crippen LogP contribution in [0.3, 0.4) is 0 Å². The van der Waals surface area contributed by atoms with Gasteiger partial charge < -0.3 is 10.3 Å². The number of amides is 1. The fraction of sp³-hybridized carbons (Fsp3) is 0.562. The van der Waals surface area contributed by atoms with Crippen molar-refractivity contribution in [3.8, 4) is 0 Å². The lowest BCUT2D eigenvalue weighted by atomic mass is 9.96. The number of H-pyrrole nitrogens is 1. The van der Waals surface area contributed by atoms with Crippen molar-refractivity contribution in [3.63, 3.8) is 0 Å². The second-order valence-electron chi connectivity index (χ2n) is 7.39. The smallest absolute Gasteiger partial charge is 0.255 e. The number of carbonyl (C=O) groups is 1. The number of aromatic amines is 1. The molecule has 0 aromatic carbocycles.